The van der Waals surface area contributed by atoms with E-state index >= 15 is 0 Å². The summed E-state index contributed by atoms with van der Waals surface area (Å²) in [6.45, 7) is 4.80. The Bertz CT molecular complexity index is 286. The van der Waals surface area contributed by atoms with Crippen molar-refractivity contribution in [2.45, 2.75) is 43.7 Å². The number of nitrogens with zero attached hydrogens (tertiary/aromatic N) is 1. The van der Waals surface area contributed by atoms with Crippen LogP contribution < -0.4 is 5.32 Å². The zero-order chi connectivity index (χ0) is 13.1. The molecule has 19 heavy (non-hydrogen) atoms. The topological polar surface area (TPSA) is 24.5 Å². The highest BCUT2D eigenvalue weighted by molar-refractivity contribution is 7.99. The van der Waals surface area contributed by atoms with Gasteiger partial charge < -0.3 is 15.0 Å². The van der Waals surface area contributed by atoms with Crippen LogP contribution in [0.5, 0.6) is 0 Å². The highest BCUT2D eigenvalue weighted by Gasteiger charge is 2.42. The van der Waals surface area contributed by atoms with Crippen LogP contribution in [0.1, 0.15) is 32.1 Å². The summed E-state index contributed by atoms with van der Waals surface area (Å²) in [5.74, 6) is 3.44. The van der Waals surface area contributed by atoms with Gasteiger partial charge in [0.15, 0.2) is 0 Å². The molecule has 3 saturated heterocycles. The van der Waals surface area contributed by atoms with Crippen molar-refractivity contribution in [2.75, 3.05) is 44.8 Å². The molecule has 3 aliphatic heterocycles. The summed E-state index contributed by atoms with van der Waals surface area (Å²) in [5, 5.41) is 3.33. The van der Waals surface area contributed by atoms with Gasteiger partial charge in [-0.2, -0.15) is 11.8 Å². The monoisotopic (exact) mass is 284 g/mol. The summed E-state index contributed by atoms with van der Waals surface area (Å²) in [4.78, 5) is 2.76. The van der Waals surface area contributed by atoms with Crippen LogP contribution in [-0.4, -0.2) is 61.3 Å². The standard InChI is InChI=1S/C15H28N2OS/c1-16-11-13-2-6-17(7-3-13)14-4-8-18-15(10-14)5-9-19-12-15/h13-14,16H,2-12H2,1H3. The van der Waals surface area contributed by atoms with E-state index in [1.54, 1.807) is 0 Å². The van der Waals surface area contributed by atoms with Gasteiger partial charge in [-0.15, -0.1) is 0 Å². The van der Waals surface area contributed by atoms with Crippen molar-refractivity contribution in [3.8, 4) is 0 Å². The molecule has 0 radical (unpaired) electrons. The van der Waals surface area contributed by atoms with Crippen molar-refractivity contribution in [3.63, 3.8) is 0 Å². The molecular weight excluding hydrogens is 256 g/mol. The lowest BCUT2D eigenvalue weighted by atomic mass is 9.87. The summed E-state index contributed by atoms with van der Waals surface area (Å²) in [6, 6.07) is 0.794. The van der Waals surface area contributed by atoms with Crippen LogP contribution in [0.3, 0.4) is 0 Å². The summed E-state index contributed by atoms with van der Waals surface area (Å²) in [7, 11) is 2.08. The molecule has 1 spiro atoms. The molecule has 3 nitrogen and oxygen atoms in total. The van der Waals surface area contributed by atoms with Crippen LogP contribution >= 0.6 is 11.8 Å². The first-order valence-electron chi connectivity index (χ1n) is 7.92. The molecule has 0 amide bonds. The van der Waals surface area contributed by atoms with Gasteiger partial charge in [0.25, 0.3) is 0 Å². The maximum atomic E-state index is 6.15. The second-order valence-electron chi connectivity index (χ2n) is 6.52. The van der Waals surface area contributed by atoms with E-state index in [4.69, 9.17) is 4.74 Å². The molecule has 3 rings (SSSR count). The van der Waals surface area contributed by atoms with E-state index < -0.39 is 0 Å². The molecule has 4 heteroatoms. The Balaban J connectivity index is 1.52. The van der Waals surface area contributed by atoms with Gasteiger partial charge in [-0.25, -0.2) is 0 Å². The van der Waals surface area contributed by atoms with Crippen molar-refractivity contribution in [1.29, 1.82) is 0 Å². The molecular formula is C15H28N2OS. The first-order chi connectivity index (χ1) is 9.31. The Kier molecular flexibility index (Phi) is 4.73. The van der Waals surface area contributed by atoms with Crippen LogP contribution in [0, 0.1) is 5.92 Å². The lowest BCUT2D eigenvalue weighted by molar-refractivity contribution is -0.0928. The largest absolute Gasteiger partial charge is 0.374 e. The molecule has 110 valence electrons. The van der Waals surface area contributed by atoms with E-state index in [1.165, 1.54) is 63.2 Å². The van der Waals surface area contributed by atoms with Crippen molar-refractivity contribution in [2.24, 2.45) is 5.92 Å². The maximum absolute atomic E-state index is 6.15. The third-order valence-electron chi connectivity index (χ3n) is 5.19. The fraction of sp³-hybridized carbons (Fsp3) is 1.00. The van der Waals surface area contributed by atoms with Crippen LogP contribution in [0.15, 0.2) is 0 Å². The molecule has 0 saturated carbocycles. The molecule has 0 aromatic heterocycles. The summed E-state index contributed by atoms with van der Waals surface area (Å²) < 4.78 is 6.15. The highest BCUT2D eigenvalue weighted by Crippen LogP contribution is 2.40. The Morgan fingerprint density at radius 2 is 2.16 bits per heavy atom. The average molecular weight is 284 g/mol. The van der Waals surface area contributed by atoms with Gasteiger partial charge >= 0.3 is 0 Å². The number of likely N-dealkylation sites (tertiary alicyclic amines) is 1. The minimum Gasteiger partial charge on any atom is -0.374 e. The van der Waals surface area contributed by atoms with Crippen LogP contribution in [0.25, 0.3) is 0 Å². The molecule has 0 aliphatic carbocycles. The lowest BCUT2D eigenvalue weighted by Crippen LogP contribution is -2.51. The van der Waals surface area contributed by atoms with Gasteiger partial charge in [0.2, 0.25) is 0 Å². The Morgan fingerprint density at radius 3 is 2.84 bits per heavy atom. The molecule has 0 aromatic rings. The SMILES string of the molecule is CNCC1CCN(C2CCOC3(CCSC3)C2)CC1. The van der Waals surface area contributed by atoms with Crippen molar-refractivity contribution in [3.05, 3.63) is 0 Å². The number of hydrogen-bond acceptors (Lipinski definition) is 4. The van der Waals surface area contributed by atoms with E-state index in [-0.39, 0.29) is 5.60 Å². The van der Waals surface area contributed by atoms with Crippen LogP contribution in [0.2, 0.25) is 0 Å². The van der Waals surface area contributed by atoms with Crippen LogP contribution in [-0.2, 0) is 4.74 Å². The third-order valence-corrected chi connectivity index (χ3v) is 6.42. The molecule has 1 N–H and O–H groups in total. The van der Waals surface area contributed by atoms with Gasteiger partial charge in [-0.1, -0.05) is 0 Å². The minimum atomic E-state index is 0.245. The maximum Gasteiger partial charge on any atom is 0.0795 e. The smallest absolute Gasteiger partial charge is 0.0795 e. The number of ether oxygens (including phenoxy) is 1. The Hall–Kier alpha value is 0.230. The quantitative estimate of drug-likeness (QED) is 0.856. The summed E-state index contributed by atoms with van der Waals surface area (Å²) >= 11 is 2.08. The molecule has 3 heterocycles. The Labute approximate surface area is 121 Å². The Morgan fingerprint density at radius 1 is 1.32 bits per heavy atom. The van der Waals surface area contributed by atoms with Gasteiger partial charge in [-0.05, 0) is 70.5 Å². The fourth-order valence-corrected chi connectivity index (χ4v) is 5.37. The van der Waals surface area contributed by atoms with Gasteiger partial charge in [0.1, 0.15) is 0 Å². The number of rotatable bonds is 3. The average Bonchev–Trinajstić information content (AvgIpc) is 2.88. The van der Waals surface area contributed by atoms with E-state index in [2.05, 4.69) is 29.0 Å². The van der Waals surface area contributed by atoms with Gasteiger partial charge in [0, 0.05) is 18.4 Å². The second kappa shape index (κ2) is 6.33. The first kappa shape index (κ1) is 14.2. The molecule has 2 atom stereocenters. The van der Waals surface area contributed by atoms with Crippen LogP contribution in [0.4, 0.5) is 0 Å². The van der Waals surface area contributed by atoms with E-state index in [1.807, 2.05) is 0 Å². The predicted molar refractivity (Wildman–Crippen MR) is 81.9 cm³/mol. The molecule has 3 fully saturated rings. The second-order valence-corrected chi connectivity index (χ2v) is 7.62. The molecule has 2 unspecified atom stereocenters. The normalized spacial score (nSPS) is 38.1. The van der Waals surface area contributed by atoms with Crippen molar-refractivity contribution >= 4 is 11.8 Å². The fourth-order valence-electron chi connectivity index (χ4n) is 3.99. The third kappa shape index (κ3) is 3.29. The van der Waals surface area contributed by atoms with E-state index in [0.717, 1.165) is 18.6 Å². The molecule has 0 aromatic carbocycles. The van der Waals surface area contributed by atoms with E-state index in [9.17, 15) is 0 Å². The zero-order valence-corrected chi connectivity index (χ0v) is 13.0. The summed E-state index contributed by atoms with van der Waals surface area (Å²) in [6.07, 6.45) is 6.57. The minimum absolute atomic E-state index is 0.245. The number of piperidine rings is 1. The number of nitrogens with one attached hydrogen (secondary N) is 1. The van der Waals surface area contributed by atoms with Crippen molar-refractivity contribution in [1.82, 2.24) is 10.2 Å². The molecule has 3 aliphatic rings. The number of thioether (sulfide) groups is 1. The predicted octanol–water partition coefficient (Wildman–Crippen LogP) is 1.97. The van der Waals surface area contributed by atoms with Gasteiger partial charge in [0.05, 0.1) is 5.60 Å². The lowest BCUT2D eigenvalue weighted by Gasteiger charge is -2.45. The highest BCUT2D eigenvalue weighted by atomic mass is 32.2. The van der Waals surface area contributed by atoms with Gasteiger partial charge in [-0.3, -0.25) is 0 Å². The van der Waals surface area contributed by atoms with Crippen molar-refractivity contribution < 1.29 is 4.74 Å². The molecule has 0 bridgehead atoms. The number of hydrogen-bond donors (Lipinski definition) is 1. The summed E-state index contributed by atoms with van der Waals surface area (Å²) in [5.41, 5.74) is 0.245. The van der Waals surface area contributed by atoms with E-state index in [0.29, 0.717) is 0 Å². The zero-order valence-electron chi connectivity index (χ0n) is 12.2. The first-order valence-corrected chi connectivity index (χ1v) is 9.07.